The summed E-state index contributed by atoms with van der Waals surface area (Å²) in [6.07, 6.45) is 0.883. The van der Waals surface area contributed by atoms with Crippen LogP contribution >= 0.6 is 0 Å². The van der Waals surface area contributed by atoms with Crippen molar-refractivity contribution >= 4 is 5.91 Å². The summed E-state index contributed by atoms with van der Waals surface area (Å²) in [5.41, 5.74) is 0.536. The monoisotopic (exact) mass is 303 g/mol. The Hall–Kier alpha value is -2.28. The third-order valence-corrected chi connectivity index (χ3v) is 3.25. The Labute approximate surface area is 129 Å². The highest BCUT2D eigenvalue weighted by Gasteiger charge is 2.20. The first-order valence-electron chi connectivity index (χ1n) is 7.21. The van der Waals surface area contributed by atoms with E-state index in [4.69, 9.17) is 0 Å². The van der Waals surface area contributed by atoms with Gasteiger partial charge in [-0.25, -0.2) is 4.68 Å². The Kier molecular flexibility index (Phi) is 5.21. The zero-order valence-corrected chi connectivity index (χ0v) is 12.9. The molecule has 0 atom stereocenters. The lowest BCUT2D eigenvalue weighted by Gasteiger charge is -2.23. The van der Waals surface area contributed by atoms with E-state index in [2.05, 4.69) is 20.8 Å². The van der Waals surface area contributed by atoms with Crippen LogP contribution in [0.4, 0.5) is 0 Å². The van der Waals surface area contributed by atoms with Crippen LogP contribution in [0.2, 0.25) is 0 Å². The van der Waals surface area contributed by atoms with Gasteiger partial charge in [-0.15, -0.1) is 5.10 Å². The highest BCUT2D eigenvalue weighted by Crippen LogP contribution is 2.04. The fourth-order valence-corrected chi connectivity index (χ4v) is 2.01. The summed E-state index contributed by atoms with van der Waals surface area (Å²) >= 11 is 0. The Morgan fingerprint density at radius 3 is 2.73 bits per heavy atom. The van der Waals surface area contributed by atoms with E-state index in [1.54, 1.807) is 18.5 Å². The fourth-order valence-electron chi connectivity index (χ4n) is 2.01. The van der Waals surface area contributed by atoms with E-state index in [-0.39, 0.29) is 18.9 Å². The average molecular weight is 303 g/mol. The van der Waals surface area contributed by atoms with Gasteiger partial charge in [0.25, 0.3) is 0 Å². The molecular formula is C15H21N5O2. The minimum absolute atomic E-state index is 0.0885. The highest BCUT2D eigenvalue weighted by molar-refractivity contribution is 5.78. The number of carbonyl (C=O) groups excluding carboxylic acids is 1. The first-order valence-corrected chi connectivity index (χ1v) is 7.21. The van der Waals surface area contributed by atoms with Gasteiger partial charge < -0.3 is 10.4 Å². The summed E-state index contributed by atoms with van der Waals surface area (Å²) in [7, 11) is 0. The summed E-state index contributed by atoms with van der Waals surface area (Å²) in [6.45, 7) is 3.99. The maximum atomic E-state index is 12.0. The van der Waals surface area contributed by atoms with Gasteiger partial charge in [0.05, 0.1) is 18.6 Å². The predicted octanol–water partition coefficient (Wildman–Crippen LogP) is 0.345. The molecule has 22 heavy (non-hydrogen) atoms. The van der Waals surface area contributed by atoms with Crippen molar-refractivity contribution in [2.75, 3.05) is 6.61 Å². The topological polar surface area (TPSA) is 92.9 Å². The number of nitrogens with zero attached hydrogens (tertiary/aromatic N) is 4. The number of rotatable bonds is 7. The number of tetrazole rings is 1. The second kappa shape index (κ2) is 7.13. The van der Waals surface area contributed by atoms with E-state index >= 15 is 0 Å². The van der Waals surface area contributed by atoms with Crippen LogP contribution in [0.1, 0.15) is 25.2 Å². The summed E-state index contributed by atoms with van der Waals surface area (Å²) in [4.78, 5) is 12.0. The molecule has 1 amide bonds. The van der Waals surface area contributed by atoms with Crippen LogP contribution in [-0.2, 0) is 24.2 Å². The molecule has 7 nitrogen and oxygen atoms in total. The van der Waals surface area contributed by atoms with Crippen molar-refractivity contribution in [1.29, 1.82) is 0 Å². The molecule has 0 bridgehead atoms. The van der Waals surface area contributed by atoms with Gasteiger partial charge in [-0.3, -0.25) is 4.79 Å². The number of aryl methyl sites for hydroxylation is 2. The number of hydrogen-bond acceptors (Lipinski definition) is 5. The molecule has 0 fully saturated rings. The van der Waals surface area contributed by atoms with Gasteiger partial charge in [0.2, 0.25) is 5.91 Å². The molecule has 1 aromatic carbocycles. The second-order valence-corrected chi connectivity index (χ2v) is 5.82. The Morgan fingerprint density at radius 1 is 1.32 bits per heavy atom. The van der Waals surface area contributed by atoms with Crippen LogP contribution in [0.15, 0.2) is 30.3 Å². The van der Waals surface area contributed by atoms with E-state index in [1.807, 2.05) is 30.3 Å². The van der Waals surface area contributed by atoms with Crippen LogP contribution in [0.3, 0.4) is 0 Å². The molecule has 0 aliphatic carbocycles. The zero-order valence-electron chi connectivity index (χ0n) is 12.9. The molecular weight excluding hydrogens is 282 g/mol. The molecule has 118 valence electrons. The largest absolute Gasteiger partial charge is 0.394 e. The second-order valence-electron chi connectivity index (χ2n) is 5.82. The quantitative estimate of drug-likeness (QED) is 0.769. The molecule has 0 spiro atoms. The summed E-state index contributed by atoms with van der Waals surface area (Å²) in [6, 6.07) is 10.0. The van der Waals surface area contributed by atoms with Crippen LogP contribution in [0.25, 0.3) is 0 Å². The van der Waals surface area contributed by atoms with Crippen molar-refractivity contribution < 1.29 is 9.90 Å². The first kappa shape index (κ1) is 16.1. The van der Waals surface area contributed by atoms with Gasteiger partial charge in [-0.1, -0.05) is 30.3 Å². The molecule has 2 rings (SSSR count). The minimum Gasteiger partial charge on any atom is -0.394 e. The lowest BCUT2D eigenvalue weighted by molar-refractivity contribution is -0.122. The Bertz CT molecular complexity index is 609. The average Bonchev–Trinajstić information content (AvgIpc) is 2.92. The first-order chi connectivity index (χ1) is 10.5. The number of aromatic nitrogens is 4. The normalized spacial score (nSPS) is 11.4. The van der Waals surface area contributed by atoms with E-state index in [0.717, 1.165) is 6.42 Å². The van der Waals surface area contributed by atoms with Crippen LogP contribution in [-0.4, -0.2) is 43.4 Å². The molecule has 0 aliphatic heterocycles. The summed E-state index contributed by atoms with van der Waals surface area (Å²) in [5, 5.41) is 23.4. The van der Waals surface area contributed by atoms with E-state index in [0.29, 0.717) is 12.4 Å². The number of nitrogens with one attached hydrogen (secondary N) is 1. The number of amides is 1. The molecule has 7 heteroatoms. The number of aliphatic hydroxyl groups excluding tert-OH is 1. The molecule has 0 saturated carbocycles. The lowest BCUT2D eigenvalue weighted by Crippen LogP contribution is -2.47. The smallest absolute Gasteiger partial charge is 0.228 e. The van der Waals surface area contributed by atoms with E-state index < -0.39 is 5.54 Å². The standard InChI is InChI=1S/C15H21N5O2/c1-15(2,11-21)16-14(22)10-13-17-18-19-20(13)9-8-12-6-4-3-5-7-12/h3-7,21H,8-11H2,1-2H3,(H,16,22). The van der Waals surface area contributed by atoms with E-state index in [1.165, 1.54) is 5.56 Å². The maximum Gasteiger partial charge on any atom is 0.228 e. The molecule has 0 aliphatic rings. The van der Waals surface area contributed by atoms with E-state index in [9.17, 15) is 9.90 Å². The van der Waals surface area contributed by atoms with Gasteiger partial charge in [0, 0.05) is 6.54 Å². The molecule has 2 N–H and O–H groups in total. The summed E-state index contributed by atoms with van der Waals surface area (Å²) < 4.78 is 1.64. The Balaban J connectivity index is 1.93. The van der Waals surface area contributed by atoms with Crippen molar-refractivity contribution in [1.82, 2.24) is 25.5 Å². The SMILES string of the molecule is CC(C)(CO)NC(=O)Cc1nnnn1CCc1ccccc1. The third kappa shape index (κ3) is 4.63. The van der Waals surface area contributed by atoms with Crippen LogP contribution in [0.5, 0.6) is 0 Å². The predicted molar refractivity (Wildman–Crippen MR) is 81.0 cm³/mol. The zero-order chi connectivity index (χ0) is 16.0. The van der Waals surface area contributed by atoms with Crippen molar-refractivity contribution in [3.05, 3.63) is 41.7 Å². The number of carbonyl (C=O) groups is 1. The summed E-state index contributed by atoms with van der Waals surface area (Å²) in [5.74, 6) is 0.303. The number of hydrogen-bond donors (Lipinski definition) is 2. The van der Waals surface area contributed by atoms with Crippen molar-refractivity contribution in [3.63, 3.8) is 0 Å². The number of aliphatic hydroxyl groups is 1. The fraction of sp³-hybridized carbons (Fsp3) is 0.467. The third-order valence-electron chi connectivity index (χ3n) is 3.25. The van der Waals surface area contributed by atoms with Crippen LogP contribution in [0, 0.1) is 0 Å². The molecule has 1 heterocycles. The van der Waals surface area contributed by atoms with Crippen molar-refractivity contribution in [3.8, 4) is 0 Å². The molecule has 0 saturated heterocycles. The highest BCUT2D eigenvalue weighted by atomic mass is 16.3. The van der Waals surface area contributed by atoms with Crippen LogP contribution < -0.4 is 5.32 Å². The number of benzene rings is 1. The minimum atomic E-state index is -0.653. The molecule has 0 unspecified atom stereocenters. The van der Waals surface area contributed by atoms with Crippen molar-refractivity contribution in [2.24, 2.45) is 0 Å². The molecule has 0 radical (unpaired) electrons. The van der Waals surface area contributed by atoms with Gasteiger partial charge >= 0.3 is 0 Å². The van der Waals surface area contributed by atoms with Crippen molar-refractivity contribution in [2.45, 2.75) is 38.8 Å². The molecule has 2 aromatic rings. The van der Waals surface area contributed by atoms with Gasteiger partial charge in [0.1, 0.15) is 0 Å². The van der Waals surface area contributed by atoms with Gasteiger partial charge in [-0.2, -0.15) is 0 Å². The molecule has 1 aromatic heterocycles. The Morgan fingerprint density at radius 2 is 2.05 bits per heavy atom. The van der Waals surface area contributed by atoms with Gasteiger partial charge in [0.15, 0.2) is 5.82 Å². The van der Waals surface area contributed by atoms with Gasteiger partial charge in [-0.05, 0) is 36.3 Å². The lowest BCUT2D eigenvalue weighted by atomic mass is 10.1. The maximum absolute atomic E-state index is 12.0.